The Morgan fingerprint density at radius 3 is 2.62 bits per heavy atom. The van der Waals surface area contributed by atoms with Crippen molar-refractivity contribution in [2.24, 2.45) is 0 Å². The van der Waals surface area contributed by atoms with E-state index < -0.39 is 9.84 Å². The van der Waals surface area contributed by atoms with Gasteiger partial charge in [-0.15, -0.1) is 10.2 Å². The van der Waals surface area contributed by atoms with Gasteiger partial charge in [-0.1, -0.05) is 23.5 Å². The molecule has 0 saturated heterocycles. The molecule has 0 bridgehead atoms. The summed E-state index contributed by atoms with van der Waals surface area (Å²) < 4.78 is 23.1. The van der Waals surface area contributed by atoms with Gasteiger partial charge in [-0.05, 0) is 23.7 Å². The molecule has 84 valence electrons. The smallest absolute Gasteiger partial charge is 0.207 e. The van der Waals surface area contributed by atoms with E-state index in [1.165, 1.54) is 17.6 Å². The number of sulfone groups is 1. The SMILES string of the molecule is CS(=O)(=O)c1cccc(-c2nnc(Cl)s2)c1. The van der Waals surface area contributed by atoms with E-state index in [1.54, 1.807) is 24.3 Å². The molecule has 0 atom stereocenters. The maximum Gasteiger partial charge on any atom is 0.207 e. The van der Waals surface area contributed by atoms with E-state index in [2.05, 4.69) is 10.2 Å². The van der Waals surface area contributed by atoms with Gasteiger partial charge in [-0.25, -0.2) is 8.42 Å². The highest BCUT2D eigenvalue weighted by Gasteiger charge is 2.10. The minimum Gasteiger partial charge on any atom is -0.224 e. The van der Waals surface area contributed by atoms with Crippen molar-refractivity contribution in [3.8, 4) is 10.6 Å². The lowest BCUT2D eigenvalue weighted by atomic mass is 10.2. The van der Waals surface area contributed by atoms with Gasteiger partial charge in [0.05, 0.1) is 4.90 Å². The zero-order valence-electron chi connectivity index (χ0n) is 8.21. The number of nitrogens with zero attached hydrogens (tertiary/aromatic N) is 2. The van der Waals surface area contributed by atoms with Gasteiger partial charge in [-0.2, -0.15) is 0 Å². The van der Waals surface area contributed by atoms with E-state index in [9.17, 15) is 8.42 Å². The fourth-order valence-electron chi connectivity index (χ4n) is 1.18. The maximum atomic E-state index is 11.4. The predicted octanol–water partition coefficient (Wildman–Crippen LogP) is 2.26. The van der Waals surface area contributed by atoms with Crippen LogP contribution in [0.4, 0.5) is 0 Å². The van der Waals surface area contributed by atoms with Crippen LogP contribution >= 0.6 is 22.9 Å². The third kappa shape index (κ3) is 2.40. The molecule has 1 heterocycles. The highest BCUT2D eigenvalue weighted by molar-refractivity contribution is 7.90. The normalized spacial score (nSPS) is 11.6. The number of aromatic nitrogens is 2. The van der Waals surface area contributed by atoms with Gasteiger partial charge in [0.2, 0.25) is 4.47 Å². The van der Waals surface area contributed by atoms with Gasteiger partial charge in [0.15, 0.2) is 9.84 Å². The zero-order chi connectivity index (χ0) is 11.8. The standard InChI is InChI=1S/C9H7ClN2O2S2/c1-16(13,14)7-4-2-3-6(5-7)8-11-12-9(10)15-8/h2-5H,1H3. The van der Waals surface area contributed by atoms with Crippen molar-refractivity contribution < 1.29 is 8.42 Å². The van der Waals surface area contributed by atoms with Gasteiger partial charge in [0.25, 0.3) is 0 Å². The van der Waals surface area contributed by atoms with Crippen molar-refractivity contribution in [2.45, 2.75) is 4.90 Å². The number of halogens is 1. The van der Waals surface area contributed by atoms with Gasteiger partial charge in [0, 0.05) is 11.8 Å². The second kappa shape index (κ2) is 4.12. The van der Waals surface area contributed by atoms with E-state index in [0.29, 0.717) is 15.0 Å². The van der Waals surface area contributed by atoms with Gasteiger partial charge in [0.1, 0.15) is 5.01 Å². The average Bonchev–Trinajstić information content (AvgIpc) is 2.64. The third-order valence-corrected chi connectivity index (χ3v) is 4.09. The van der Waals surface area contributed by atoms with Crippen LogP contribution in [0.5, 0.6) is 0 Å². The first-order chi connectivity index (χ1) is 7.47. The molecule has 2 rings (SSSR count). The van der Waals surface area contributed by atoms with Crippen LogP contribution in [0, 0.1) is 0 Å². The van der Waals surface area contributed by atoms with Gasteiger partial charge in [-0.3, -0.25) is 0 Å². The Labute approximate surface area is 102 Å². The highest BCUT2D eigenvalue weighted by atomic mass is 35.5. The molecule has 0 N–H and O–H groups in total. The van der Waals surface area contributed by atoms with E-state index >= 15 is 0 Å². The van der Waals surface area contributed by atoms with Crippen molar-refractivity contribution in [1.29, 1.82) is 0 Å². The van der Waals surface area contributed by atoms with Crippen LogP contribution in [0.2, 0.25) is 4.47 Å². The fraction of sp³-hybridized carbons (Fsp3) is 0.111. The van der Waals surface area contributed by atoms with Crippen molar-refractivity contribution in [2.75, 3.05) is 6.26 Å². The lowest BCUT2D eigenvalue weighted by molar-refractivity contribution is 0.602. The minimum atomic E-state index is -3.20. The number of hydrogen-bond acceptors (Lipinski definition) is 5. The first-order valence-corrected chi connectivity index (χ1v) is 7.35. The molecular weight excluding hydrogens is 268 g/mol. The molecule has 2 aromatic rings. The Morgan fingerprint density at radius 1 is 1.31 bits per heavy atom. The lowest BCUT2D eigenvalue weighted by Crippen LogP contribution is -1.96. The fourth-order valence-corrected chi connectivity index (χ4v) is 2.67. The molecule has 0 aliphatic rings. The Bertz CT molecular complexity index is 622. The third-order valence-electron chi connectivity index (χ3n) is 1.91. The first-order valence-electron chi connectivity index (χ1n) is 4.26. The molecular formula is C9H7ClN2O2S2. The zero-order valence-corrected chi connectivity index (χ0v) is 10.6. The molecule has 0 amide bonds. The summed E-state index contributed by atoms with van der Waals surface area (Å²) in [6.07, 6.45) is 1.17. The van der Waals surface area contributed by atoms with Crippen LogP contribution in [-0.2, 0) is 9.84 Å². The topological polar surface area (TPSA) is 59.9 Å². The molecule has 0 spiro atoms. The highest BCUT2D eigenvalue weighted by Crippen LogP contribution is 2.27. The molecule has 7 heteroatoms. The largest absolute Gasteiger partial charge is 0.224 e. The van der Waals surface area contributed by atoms with Crippen molar-refractivity contribution in [3.63, 3.8) is 0 Å². The van der Waals surface area contributed by atoms with Crippen molar-refractivity contribution >= 4 is 32.8 Å². The Hall–Kier alpha value is -0.980. The van der Waals surface area contributed by atoms with Gasteiger partial charge >= 0.3 is 0 Å². The van der Waals surface area contributed by atoms with E-state index in [4.69, 9.17) is 11.6 Å². The van der Waals surface area contributed by atoms with Gasteiger partial charge < -0.3 is 0 Å². The monoisotopic (exact) mass is 274 g/mol. The number of hydrogen-bond donors (Lipinski definition) is 0. The van der Waals surface area contributed by atoms with Crippen LogP contribution in [0.15, 0.2) is 29.2 Å². The number of rotatable bonds is 2. The Kier molecular flexibility index (Phi) is 2.96. The van der Waals surface area contributed by atoms with Crippen LogP contribution in [-0.4, -0.2) is 24.9 Å². The predicted molar refractivity (Wildman–Crippen MR) is 63.5 cm³/mol. The summed E-state index contributed by atoms with van der Waals surface area (Å²) in [6.45, 7) is 0. The Balaban J connectivity index is 2.52. The van der Waals surface area contributed by atoms with Crippen LogP contribution < -0.4 is 0 Å². The summed E-state index contributed by atoms with van der Waals surface area (Å²) >= 11 is 6.88. The van der Waals surface area contributed by atoms with Crippen molar-refractivity contribution in [3.05, 3.63) is 28.7 Å². The molecule has 0 aliphatic carbocycles. The summed E-state index contributed by atoms with van der Waals surface area (Å²) in [5.41, 5.74) is 0.701. The van der Waals surface area contributed by atoms with E-state index in [-0.39, 0.29) is 4.90 Å². The Morgan fingerprint density at radius 2 is 2.06 bits per heavy atom. The molecule has 1 aromatic heterocycles. The summed E-state index contributed by atoms with van der Waals surface area (Å²) in [7, 11) is -3.20. The molecule has 1 aromatic carbocycles. The molecule has 0 aliphatic heterocycles. The minimum absolute atomic E-state index is 0.260. The molecule has 16 heavy (non-hydrogen) atoms. The first kappa shape index (κ1) is 11.5. The van der Waals surface area contributed by atoms with E-state index in [0.717, 1.165) is 0 Å². The number of benzene rings is 1. The lowest BCUT2D eigenvalue weighted by Gasteiger charge is -1.99. The summed E-state index contributed by atoms with van der Waals surface area (Å²) in [4.78, 5) is 0.260. The molecule has 0 unspecified atom stereocenters. The summed E-state index contributed by atoms with van der Waals surface area (Å²) in [5.74, 6) is 0. The molecule has 0 radical (unpaired) electrons. The second-order valence-corrected chi connectivity index (χ2v) is 6.74. The second-order valence-electron chi connectivity index (χ2n) is 3.16. The maximum absolute atomic E-state index is 11.4. The summed E-state index contributed by atoms with van der Waals surface area (Å²) in [6, 6.07) is 6.54. The van der Waals surface area contributed by atoms with E-state index in [1.807, 2.05) is 0 Å². The van der Waals surface area contributed by atoms with Crippen LogP contribution in [0.25, 0.3) is 10.6 Å². The molecule has 0 saturated carbocycles. The van der Waals surface area contributed by atoms with Crippen molar-refractivity contribution in [1.82, 2.24) is 10.2 Å². The quantitative estimate of drug-likeness (QED) is 0.843. The van der Waals surface area contributed by atoms with Crippen LogP contribution in [0.3, 0.4) is 0 Å². The molecule has 0 fully saturated rings. The van der Waals surface area contributed by atoms with Crippen LogP contribution in [0.1, 0.15) is 0 Å². The molecule has 4 nitrogen and oxygen atoms in total. The summed E-state index contributed by atoms with van der Waals surface area (Å²) in [5, 5.41) is 8.13. The average molecular weight is 275 g/mol.